The van der Waals surface area contributed by atoms with Gasteiger partial charge in [-0.3, -0.25) is 0 Å². The average molecular weight is 332 g/mol. The first-order valence-corrected chi connectivity index (χ1v) is 9.18. The number of hydrogen-bond acceptors (Lipinski definition) is 0. The Morgan fingerprint density at radius 2 is 1.00 bits per heavy atom. The number of rotatable bonds is 2. The van der Waals surface area contributed by atoms with Crippen LogP contribution in [-0.2, 0) is 6.42 Å². The van der Waals surface area contributed by atoms with Gasteiger partial charge in [-0.25, -0.2) is 0 Å². The minimum atomic E-state index is 0.947. The van der Waals surface area contributed by atoms with E-state index in [1.54, 1.807) is 0 Å². The van der Waals surface area contributed by atoms with Gasteiger partial charge in [0, 0.05) is 0 Å². The molecule has 0 aliphatic rings. The van der Waals surface area contributed by atoms with Crippen molar-refractivity contribution < 1.29 is 0 Å². The smallest absolute Gasteiger partial charge is 0.000729 e. The Hall–Kier alpha value is -3.12. The Bertz CT molecular complexity index is 1200. The van der Waals surface area contributed by atoms with E-state index in [0.717, 1.165) is 6.42 Å². The predicted octanol–water partition coefficient (Wildman–Crippen LogP) is 7.05. The fourth-order valence-electron chi connectivity index (χ4n) is 4.26. The minimum absolute atomic E-state index is 0.947. The molecule has 26 heavy (non-hydrogen) atoms. The van der Waals surface area contributed by atoms with Crippen molar-refractivity contribution >= 4 is 32.3 Å². The van der Waals surface area contributed by atoms with Gasteiger partial charge < -0.3 is 0 Å². The molecule has 5 rings (SSSR count). The van der Waals surface area contributed by atoms with Gasteiger partial charge in [-0.15, -0.1) is 0 Å². The monoisotopic (exact) mass is 332 g/mol. The second-order valence-electron chi connectivity index (χ2n) is 7.01. The molecule has 0 atom stereocenters. The first-order chi connectivity index (χ1) is 12.8. The quantitative estimate of drug-likeness (QED) is 0.304. The first-order valence-electron chi connectivity index (χ1n) is 9.18. The molecule has 0 aromatic heterocycles. The van der Waals surface area contributed by atoms with Gasteiger partial charge in [0.1, 0.15) is 0 Å². The number of benzene rings is 5. The van der Waals surface area contributed by atoms with E-state index < -0.39 is 0 Å². The lowest BCUT2D eigenvalue weighted by atomic mass is 9.88. The molecular formula is C26H20. The molecule has 0 saturated heterocycles. The summed E-state index contributed by atoms with van der Waals surface area (Å²) in [5.74, 6) is 0. The van der Waals surface area contributed by atoms with Crippen LogP contribution in [0.1, 0.15) is 16.7 Å². The van der Waals surface area contributed by atoms with Crippen LogP contribution in [-0.4, -0.2) is 0 Å². The van der Waals surface area contributed by atoms with Crippen LogP contribution in [0.5, 0.6) is 0 Å². The molecule has 0 aliphatic heterocycles. The highest BCUT2D eigenvalue weighted by Gasteiger charge is 2.12. The van der Waals surface area contributed by atoms with Gasteiger partial charge in [-0.2, -0.15) is 0 Å². The maximum Gasteiger partial charge on any atom is -0.000729 e. The summed E-state index contributed by atoms with van der Waals surface area (Å²) in [6.07, 6.45) is 0.947. The van der Waals surface area contributed by atoms with Crippen molar-refractivity contribution in [3.63, 3.8) is 0 Å². The maximum absolute atomic E-state index is 2.27. The summed E-state index contributed by atoms with van der Waals surface area (Å²) < 4.78 is 0. The molecule has 0 amide bonds. The summed E-state index contributed by atoms with van der Waals surface area (Å²) in [4.78, 5) is 0. The molecule has 0 aliphatic carbocycles. The summed E-state index contributed by atoms with van der Waals surface area (Å²) in [6, 6.07) is 33.0. The van der Waals surface area contributed by atoms with Gasteiger partial charge in [0.05, 0.1) is 0 Å². The molecule has 0 spiro atoms. The lowest BCUT2D eigenvalue weighted by Gasteiger charge is -2.16. The van der Waals surface area contributed by atoms with Crippen LogP contribution in [0.2, 0.25) is 0 Å². The molecule has 0 fully saturated rings. The van der Waals surface area contributed by atoms with Crippen molar-refractivity contribution in [1.29, 1.82) is 0 Å². The van der Waals surface area contributed by atoms with Crippen molar-refractivity contribution in [3.05, 3.63) is 108 Å². The second-order valence-corrected chi connectivity index (χ2v) is 7.01. The highest BCUT2D eigenvalue weighted by molar-refractivity contribution is 6.06. The van der Waals surface area contributed by atoms with Gasteiger partial charge in [0.15, 0.2) is 0 Å². The summed E-state index contributed by atoms with van der Waals surface area (Å²) in [7, 11) is 0. The van der Waals surface area contributed by atoms with Crippen LogP contribution < -0.4 is 0 Å². The third kappa shape index (κ3) is 2.30. The molecule has 0 bridgehead atoms. The van der Waals surface area contributed by atoms with Gasteiger partial charge >= 0.3 is 0 Å². The molecule has 0 heterocycles. The molecule has 5 aromatic carbocycles. The molecule has 0 unspecified atom stereocenters. The summed E-state index contributed by atoms with van der Waals surface area (Å²) in [5.41, 5.74) is 4.19. The molecule has 0 N–H and O–H groups in total. The normalized spacial score (nSPS) is 11.4. The Balaban J connectivity index is 1.84. The van der Waals surface area contributed by atoms with E-state index >= 15 is 0 Å². The van der Waals surface area contributed by atoms with E-state index in [1.807, 2.05) is 0 Å². The Morgan fingerprint density at radius 3 is 1.65 bits per heavy atom. The number of hydrogen-bond donors (Lipinski definition) is 0. The van der Waals surface area contributed by atoms with Crippen LogP contribution >= 0.6 is 0 Å². The lowest BCUT2D eigenvalue weighted by molar-refractivity contribution is 1.25. The summed E-state index contributed by atoms with van der Waals surface area (Å²) >= 11 is 0. The topological polar surface area (TPSA) is 0 Å². The van der Waals surface area contributed by atoms with Crippen molar-refractivity contribution in [2.24, 2.45) is 0 Å². The molecule has 0 radical (unpaired) electrons. The highest BCUT2D eigenvalue weighted by atomic mass is 14.2. The molecule has 0 saturated carbocycles. The Morgan fingerprint density at radius 1 is 0.500 bits per heavy atom. The largest absolute Gasteiger partial charge is 0.0616 e. The zero-order chi connectivity index (χ0) is 17.5. The minimum Gasteiger partial charge on any atom is -0.0616 e. The first kappa shape index (κ1) is 15.2. The van der Waals surface area contributed by atoms with Crippen LogP contribution in [0.4, 0.5) is 0 Å². The third-order valence-corrected chi connectivity index (χ3v) is 5.56. The van der Waals surface area contributed by atoms with Crippen molar-refractivity contribution in [3.8, 4) is 0 Å². The van der Waals surface area contributed by atoms with Crippen LogP contribution in [0.15, 0.2) is 91.0 Å². The van der Waals surface area contributed by atoms with E-state index in [1.165, 1.54) is 49.0 Å². The van der Waals surface area contributed by atoms with E-state index in [4.69, 9.17) is 0 Å². The summed E-state index contributed by atoms with van der Waals surface area (Å²) in [5, 5.41) is 8.13. The number of fused-ring (bicyclic) bond motifs is 3. The predicted molar refractivity (Wildman–Crippen MR) is 113 cm³/mol. The van der Waals surface area contributed by atoms with E-state index in [-0.39, 0.29) is 0 Å². The highest BCUT2D eigenvalue weighted by Crippen LogP contribution is 2.34. The van der Waals surface area contributed by atoms with Crippen LogP contribution in [0.3, 0.4) is 0 Å². The molecule has 124 valence electrons. The van der Waals surface area contributed by atoms with Crippen LogP contribution in [0.25, 0.3) is 32.3 Å². The molecule has 5 aromatic rings. The fourth-order valence-corrected chi connectivity index (χ4v) is 4.26. The average Bonchev–Trinajstić information content (AvgIpc) is 2.71. The molecule has 0 heteroatoms. The lowest BCUT2D eigenvalue weighted by Crippen LogP contribution is -1.95. The van der Waals surface area contributed by atoms with Gasteiger partial charge in [-0.1, -0.05) is 91.0 Å². The van der Waals surface area contributed by atoms with E-state index in [9.17, 15) is 0 Å². The van der Waals surface area contributed by atoms with Crippen molar-refractivity contribution in [2.45, 2.75) is 13.3 Å². The fraction of sp³-hybridized carbons (Fsp3) is 0.0769. The van der Waals surface area contributed by atoms with Gasteiger partial charge in [0.25, 0.3) is 0 Å². The standard InChI is InChI=1S/C26H20/c1-18-21-12-4-6-15-24(21)26(25-16-7-5-13-22(18)25)17-20-11-8-10-19-9-2-3-14-23(19)20/h2-16H,17H2,1H3. The molecule has 0 nitrogen and oxygen atoms in total. The van der Waals surface area contributed by atoms with Crippen molar-refractivity contribution in [1.82, 2.24) is 0 Å². The Labute approximate surface area is 153 Å². The van der Waals surface area contributed by atoms with Crippen LogP contribution in [0, 0.1) is 6.92 Å². The number of aryl methyl sites for hydroxylation is 1. The zero-order valence-electron chi connectivity index (χ0n) is 14.9. The van der Waals surface area contributed by atoms with E-state index in [2.05, 4.69) is 97.9 Å². The summed E-state index contributed by atoms with van der Waals surface area (Å²) in [6.45, 7) is 2.24. The second kappa shape index (κ2) is 6.00. The third-order valence-electron chi connectivity index (χ3n) is 5.56. The SMILES string of the molecule is Cc1c2ccccc2c(Cc2cccc3ccccc23)c2ccccc12. The van der Waals surface area contributed by atoms with Gasteiger partial charge in [0.2, 0.25) is 0 Å². The molecular weight excluding hydrogens is 312 g/mol. The van der Waals surface area contributed by atoms with Crippen molar-refractivity contribution in [2.75, 3.05) is 0 Å². The Kier molecular flexibility index (Phi) is 3.50. The van der Waals surface area contributed by atoms with Gasteiger partial charge in [-0.05, 0) is 62.4 Å². The maximum atomic E-state index is 2.27. The zero-order valence-corrected chi connectivity index (χ0v) is 14.9. The van der Waals surface area contributed by atoms with E-state index in [0.29, 0.717) is 0 Å².